The van der Waals surface area contributed by atoms with Crippen molar-refractivity contribution < 1.29 is 18.7 Å². The summed E-state index contributed by atoms with van der Waals surface area (Å²) >= 11 is 0. The molecule has 180 valence electrons. The fourth-order valence-corrected chi connectivity index (χ4v) is 4.33. The molecule has 1 fully saturated rings. The summed E-state index contributed by atoms with van der Waals surface area (Å²) in [4.78, 5) is 19.4. The third-order valence-electron chi connectivity index (χ3n) is 5.99. The van der Waals surface area contributed by atoms with Crippen LogP contribution >= 0.6 is 0 Å². The number of morpholine rings is 1. The number of carbonyl (C=O) groups is 1. The number of amides is 1. The predicted molar refractivity (Wildman–Crippen MR) is 135 cm³/mol. The Kier molecular flexibility index (Phi) is 6.68. The van der Waals surface area contributed by atoms with Crippen molar-refractivity contribution >= 4 is 22.5 Å². The molecule has 2 atom stereocenters. The van der Waals surface area contributed by atoms with Crippen LogP contribution in [0.5, 0.6) is 5.75 Å². The molecule has 7 heteroatoms. The van der Waals surface area contributed by atoms with Crippen LogP contribution < -0.4 is 15.0 Å². The number of ether oxygens (including phenoxy) is 2. The van der Waals surface area contributed by atoms with Crippen LogP contribution in [0.3, 0.4) is 0 Å². The molecule has 1 amide bonds. The van der Waals surface area contributed by atoms with Gasteiger partial charge in [0.15, 0.2) is 5.76 Å². The van der Waals surface area contributed by atoms with Gasteiger partial charge in [-0.3, -0.25) is 4.79 Å². The van der Waals surface area contributed by atoms with Gasteiger partial charge in [-0.1, -0.05) is 36.4 Å². The first-order chi connectivity index (χ1) is 17.0. The van der Waals surface area contributed by atoms with Gasteiger partial charge in [0, 0.05) is 25.8 Å². The van der Waals surface area contributed by atoms with E-state index >= 15 is 0 Å². The second kappa shape index (κ2) is 10.2. The van der Waals surface area contributed by atoms with Gasteiger partial charge in [-0.2, -0.15) is 0 Å². The third kappa shape index (κ3) is 5.63. The molecule has 5 rings (SSSR count). The van der Waals surface area contributed by atoms with Crippen molar-refractivity contribution in [3.63, 3.8) is 0 Å². The monoisotopic (exact) mass is 471 g/mol. The molecule has 2 aromatic heterocycles. The molecule has 2 aromatic carbocycles. The Hall–Kier alpha value is -3.84. The summed E-state index contributed by atoms with van der Waals surface area (Å²) in [5.74, 6) is 2.24. The zero-order valence-electron chi connectivity index (χ0n) is 19.9. The van der Waals surface area contributed by atoms with Crippen molar-refractivity contribution in [2.45, 2.75) is 39.2 Å². The van der Waals surface area contributed by atoms with Gasteiger partial charge >= 0.3 is 0 Å². The van der Waals surface area contributed by atoms with Gasteiger partial charge in [0.05, 0.1) is 12.2 Å². The molecule has 0 saturated carbocycles. The Bertz CT molecular complexity index is 1290. The number of aromatic nitrogens is 1. The molecule has 1 saturated heterocycles. The van der Waals surface area contributed by atoms with Gasteiger partial charge in [0.1, 0.15) is 23.9 Å². The second-order valence-electron chi connectivity index (χ2n) is 8.93. The van der Waals surface area contributed by atoms with Crippen LogP contribution in [0.2, 0.25) is 0 Å². The topological polar surface area (TPSA) is 76.8 Å². The third-order valence-corrected chi connectivity index (χ3v) is 5.99. The Morgan fingerprint density at radius 1 is 1.03 bits per heavy atom. The van der Waals surface area contributed by atoms with E-state index in [1.807, 2.05) is 48.5 Å². The van der Waals surface area contributed by atoms with Crippen LogP contribution in [0.25, 0.3) is 10.8 Å². The fraction of sp³-hybridized carbons (Fsp3) is 0.286. The highest BCUT2D eigenvalue weighted by atomic mass is 16.5. The standard InChI is InChI=1S/C28H29N3O4/c1-19-16-31(17-20(2)34-19)27-12-7-21(14-29-27)15-30-28(32)26-11-10-25(35-26)18-33-24-9-8-22-5-3-4-6-23(22)13-24/h3-14,19-20H,15-18H2,1-2H3,(H,30,32). The number of hydrogen-bond donors (Lipinski definition) is 1. The average molecular weight is 472 g/mol. The average Bonchev–Trinajstić information content (AvgIpc) is 3.35. The van der Waals surface area contributed by atoms with E-state index in [2.05, 4.69) is 35.1 Å². The largest absolute Gasteiger partial charge is 0.486 e. The number of nitrogens with one attached hydrogen (secondary N) is 1. The maximum absolute atomic E-state index is 12.6. The van der Waals surface area contributed by atoms with Crippen molar-refractivity contribution in [1.29, 1.82) is 0 Å². The lowest BCUT2D eigenvalue weighted by Gasteiger charge is -2.36. The van der Waals surface area contributed by atoms with Crippen molar-refractivity contribution in [2.24, 2.45) is 0 Å². The number of carbonyl (C=O) groups excluding carboxylic acids is 1. The number of fused-ring (bicyclic) bond motifs is 1. The molecule has 1 aliphatic heterocycles. The van der Waals surface area contributed by atoms with E-state index in [9.17, 15) is 4.79 Å². The Morgan fingerprint density at radius 2 is 1.83 bits per heavy atom. The molecule has 7 nitrogen and oxygen atoms in total. The molecular formula is C28H29N3O4. The maximum atomic E-state index is 12.6. The van der Waals surface area contributed by atoms with Crippen molar-refractivity contribution in [1.82, 2.24) is 10.3 Å². The van der Waals surface area contributed by atoms with Crippen molar-refractivity contribution in [2.75, 3.05) is 18.0 Å². The highest BCUT2D eigenvalue weighted by molar-refractivity contribution is 5.91. The molecule has 0 aliphatic carbocycles. The lowest BCUT2D eigenvalue weighted by Crippen LogP contribution is -2.45. The lowest BCUT2D eigenvalue weighted by atomic mass is 10.1. The Morgan fingerprint density at radius 3 is 2.60 bits per heavy atom. The summed E-state index contributed by atoms with van der Waals surface area (Å²) in [5.41, 5.74) is 0.919. The van der Waals surface area contributed by atoms with Gasteiger partial charge in [0.2, 0.25) is 0 Å². The number of nitrogens with zero attached hydrogens (tertiary/aromatic N) is 2. The second-order valence-corrected chi connectivity index (χ2v) is 8.93. The van der Waals surface area contributed by atoms with E-state index in [0.29, 0.717) is 12.3 Å². The first-order valence-electron chi connectivity index (χ1n) is 11.9. The highest BCUT2D eigenvalue weighted by Crippen LogP contribution is 2.22. The van der Waals surface area contributed by atoms with E-state index < -0.39 is 0 Å². The van der Waals surface area contributed by atoms with E-state index in [1.165, 1.54) is 0 Å². The first-order valence-corrected chi connectivity index (χ1v) is 11.9. The van der Waals surface area contributed by atoms with Gasteiger partial charge in [0.25, 0.3) is 5.91 Å². The van der Waals surface area contributed by atoms with Crippen LogP contribution in [0.1, 0.15) is 35.7 Å². The minimum Gasteiger partial charge on any atom is -0.486 e. The Labute approximate surface area is 204 Å². The quantitative estimate of drug-likeness (QED) is 0.411. The predicted octanol–water partition coefficient (Wildman–Crippen LogP) is 4.95. The fourth-order valence-electron chi connectivity index (χ4n) is 4.33. The minimum absolute atomic E-state index is 0.177. The first kappa shape index (κ1) is 22.9. The minimum atomic E-state index is -0.276. The van der Waals surface area contributed by atoms with Gasteiger partial charge in [-0.25, -0.2) is 4.98 Å². The summed E-state index contributed by atoms with van der Waals surface area (Å²) in [5, 5.41) is 5.16. The molecule has 3 heterocycles. The SMILES string of the molecule is CC1CN(c2ccc(CNC(=O)c3ccc(COc4ccc5ccccc5c4)o3)cn2)CC(C)O1. The van der Waals surface area contributed by atoms with Gasteiger partial charge in [-0.05, 0) is 60.5 Å². The molecule has 4 aromatic rings. The summed E-state index contributed by atoms with van der Waals surface area (Å²) < 4.78 is 17.3. The molecular weight excluding hydrogens is 442 g/mol. The van der Waals surface area contributed by atoms with Crippen LogP contribution in [0.15, 0.2) is 77.3 Å². The van der Waals surface area contributed by atoms with E-state index in [4.69, 9.17) is 13.9 Å². The van der Waals surface area contributed by atoms with Crippen LogP contribution in [-0.2, 0) is 17.9 Å². The highest BCUT2D eigenvalue weighted by Gasteiger charge is 2.23. The number of anilines is 1. The van der Waals surface area contributed by atoms with Gasteiger partial charge in [-0.15, -0.1) is 0 Å². The van der Waals surface area contributed by atoms with Crippen LogP contribution in [0.4, 0.5) is 5.82 Å². The number of hydrogen-bond acceptors (Lipinski definition) is 6. The number of rotatable bonds is 7. The summed E-state index contributed by atoms with van der Waals surface area (Å²) in [6, 6.07) is 21.5. The molecule has 35 heavy (non-hydrogen) atoms. The summed E-state index contributed by atoms with van der Waals surface area (Å²) in [6.45, 7) is 6.39. The Balaban J connectivity index is 1.12. The zero-order chi connectivity index (χ0) is 24.2. The zero-order valence-corrected chi connectivity index (χ0v) is 19.9. The van der Waals surface area contributed by atoms with E-state index in [-0.39, 0.29) is 30.5 Å². The molecule has 1 N–H and O–H groups in total. The smallest absolute Gasteiger partial charge is 0.287 e. The molecule has 0 radical (unpaired) electrons. The van der Waals surface area contributed by atoms with Gasteiger partial charge < -0.3 is 24.1 Å². The van der Waals surface area contributed by atoms with E-state index in [0.717, 1.165) is 41.0 Å². The molecule has 1 aliphatic rings. The normalized spacial score (nSPS) is 17.9. The van der Waals surface area contributed by atoms with Crippen molar-refractivity contribution in [3.05, 3.63) is 90.0 Å². The lowest BCUT2D eigenvalue weighted by molar-refractivity contribution is -0.00546. The van der Waals surface area contributed by atoms with Crippen LogP contribution in [0, 0.1) is 0 Å². The van der Waals surface area contributed by atoms with Crippen molar-refractivity contribution in [3.8, 4) is 5.75 Å². The maximum Gasteiger partial charge on any atom is 0.287 e. The molecule has 2 unspecified atom stereocenters. The van der Waals surface area contributed by atoms with Crippen LogP contribution in [-0.4, -0.2) is 36.2 Å². The number of furan rings is 1. The number of benzene rings is 2. The molecule has 0 spiro atoms. The molecule has 0 bridgehead atoms. The summed E-state index contributed by atoms with van der Waals surface area (Å²) in [6.07, 6.45) is 2.15. The number of pyridine rings is 1. The summed E-state index contributed by atoms with van der Waals surface area (Å²) in [7, 11) is 0. The van der Waals surface area contributed by atoms with E-state index in [1.54, 1.807) is 18.3 Å².